The van der Waals surface area contributed by atoms with Gasteiger partial charge in [-0.05, 0) is 55.5 Å². The van der Waals surface area contributed by atoms with E-state index in [0.717, 1.165) is 5.75 Å². The van der Waals surface area contributed by atoms with Crippen molar-refractivity contribution >= 4 is 10.0 Å². The highest BCUT2D eigenvalue weighted by Gasteiger charge is 2.07. The fraction of sp³-hybridized carbons (Fsp3) is 0.143. The molecule has 0 fully saturated rings. The predicted molar refractivity (Wildman–Crippen MR) is 75.5 cm³/mol. The maximum absolute atomic E-state index is 11.1. The third-order valence-electron chi connectivity index (χ3n) is 2.52. The van der Waals surface area contributed by atoms with E-state index in [2.05, 4.69) is 0 Å². The Morgan fingerprint density at radius 2 is 1.35 bits per heavy atom. The van der Waals surface area contributed by atoms with Gasteiger partial charge in [-0.2, -0.15) is 0 Å². The normalized spacial score (nSPS) is 11.1. The third kappa shape index (κ3) is 3.72. The topological polar surface area (TPSA) is 78.6 Å². The molecule has 2 aromatic carbocycles. The van der Waals surface area contributed by atoms with Gasteiger partial charge >= 0.3 is 0 Å². The Labute approximate surface area is 118 Å². The number of ether oxygens (including phenoxy) is 2. The zero-order chi connectivity index (χ0) is 14.6. The van der Waals surface area contributed by atoms with Crippen LogP contribution in [-0.4, -0.2) is 15.0 Å². The van der Waals surface area contributed by atoms with Gasteiger partial charge in [0.1, 0.15) is 17.2 Å². The van der Waals surface area contributed by atoms with Gasteiger partial charge in [-0.3, -0.25) is 0 Å². The SMILES string of the molecule is CCOc1ccc(Oc2ccc(S(N)(=O)=O)cc2)cc1. The molecule has 0 amide bonds. The molecular formula is C14H15NO4S. The lowest BCUT2D eigenvalue weighted by Gasteiger charge is -2.07. The van der Waals surface area contributed by atoms with Crippen molar-refractivity contribution in [2.24, 2.45) is 5.14 Å². The Morgan fingerprint density at radius 1 is 0.900 bits per heavy atom. The highest BCUT2D eigenvalue weighted by atomic mass is 32.2. The second-order valence-corrected chi connectivity index (χ2v) is 5.58. The summed E-state index contributed by atoms with van der Waals surface area (Å²) in [6, 6.07) is 13.1. The van der Waals surface area contributed by atoms with Crippen molar-refractivity contribution in [1.29, 1.82) is 0 Å². The molecule has 0 aliphatic carbocycles. The molecule has 0 atom stereocenters. The van der Waals surface area contributed by atoms with Crippen LogP contribution in [-0.2, 0) is 10.0 Å². The highest BCUT2D eigenvalue weighted by molar-refractivity contribution is 7.89. The average molecular weight is 293 g/mol. The molecule has 0 unspecified atom stereocenters. The van der Waals surface area contributed by atoms with E-state index in [1.54, 1.807) is 36.4 Å². The maximum Gasteiger partial charge on any atom is 0.238 e. The first kappa shape index (κ1) is 14.4. The van der Waals surface area contributed by atoms with Crippen LogP contribution in [0.25, 0.3) is 0 Å². The van der Waals surface area contributed by atoms with Gasteiger partial charge in [0.2, 0.25) is 10.0 Å². The molecule has 2 aromatic rings. The number of benzene rings is 2. The molecular weight excluding hydrogens is 278 g/mol. The lowest BCUT2D eigenvalue weighted by molar-refractivity contribution is 0.339. The molecule has 2 rings (SSSR count). The first-order valence-electron chi connectivity index (χ1n) is 6.02. The third-order valence-corrected chi connectivity index (χ3v) is 3.45. The van der Waals surface area contributed by atoms with Crippen LogP contribution in [0, 0.1) is 0 Å². The molecule has 0 spiro atoms. The van der Waals surface area contributed by atoms with Crippen LogP contribution in [0.3, 0.4) is 0 Å². The monoisotopic (exact) mass is 293 g/mol. The minimum absolute atomic E-state index is 0.0524. The highest BCUT2D eigenvalue weighted by Crippen LogP contribution is 2.24. The molecule has 0 aromatic heterocycles. The summed E-state index contributed by atoms with van der Waals surface area (Å²) in [7, 11) is -3.68. The molecule has 0 aliphatic rings. The minimum Gasteiger partial charge on any atom is -0.494 e. The van der Waals surface area contributed by atoms with Crippen LogP contribution in [0.15, 0.2) is 53.4 Å². The van der Waals surface area contributed by atoms with E-state index < -0.39 is 10.0 Å². The number of hydrogen-bond acceptors (Lipinski definition) is 4. The molecule has 6 heteroatoms. The van der Waals surface area contributed by atoms with E-state index >= 15 is 0 Å². The van der Waals surface area contributed by atoms with Crippen molar-refractivity contribution in [3.05, 3.63) is 48.5 Å². The summed E-state index contributed by atoms with van der Waals surface area (Å²) in [6.07, 6.45) is 0. The lowest BCUT2D eigenvalue weighted by atomic mass is 10.3. The average Bonchev–Trinajstić information content (AvgIpc) is 2.41. The van der Waals surface area contributed by atoms with Crippen LogP contribution in [0.5, 0.6) is 17.2 Å². The lowest BCUT2D eigenvalue weighted by Crippen LogP contribution is -2.11. The molecule has 0 saturated heterocycles. The smallest absolute Gasteiger partial charge is 0.238 e. The van der Waals surface area contributed by atoms with E-state index in [9.17, 15) is 8.42 Å². The summed E-state index contributed by atoms with van der Waals surface area (Å²) >= 11 is 0. The van der Waals surface area contributed by atoms with Gasteiger partial charge in [0.05, 0.1) is 11.5 Å². The minimum atomic E-state index is -3.68. The standard InChI is InChI=1S/C14H15NO4S/c1-2-18-11-3-5-12(6-4-11)19-13-7-9-14(10-8-13)20(15,16)17/h3-10H,2H2,1H3,(H2,15,16,17). The van der Waals surface area contributed by atoms with Crippen molar-refractivity contribution in [2.45, 2.75) is 11.8 Å². The van der Waals surface area contributed by atoms with Crippen molar-refractivity contribution in [3.63, 3.8) is 0 Å². The van der Waals surface area contributed by atoms with Crippen molar-refractivity contribution in [2.75, 3.05) is 6.61 Å². The number of hydrogen-bond donors (Lipinski definition) is 1. The first-order valence-corrected chi connectivity index (χ1v) is 7.57. The van der Waals surface area contributed by atoms with Gasteiger partial charge in [0.15, 0.2) is 0 Å². The van der Waals surface area contributed by atoms with Gasteiger partial charge in [-0.15, -0.1) is 0 Å². The Balaban J connectivity index is 2.10. The molecule has 2 N–H and O–H groups in total. The van der Waals surface area contributed by atoms with Crippen LogP contribution in [0.1, 0.15) is 6.92 Å². The van der Waals surface area contributed by atoms with Crippen molar-refractivity contribution in [3.8, 4) is 17.2 Å². The summed E-state index contributed by atoms with van der Waals surface area (Å²) < 4.78 is 33.2. The Morgan fingerprint density at radius 3 is 1.80 bits per heavy atom. The van der Waals surface area contributed by atoms with Crippen LogP contribution >= 0.6 is 0 Å². The molecule has 0 bridgehead atoms. The second kappa shape index (κ2) is 5.94. The molecule has 5 nitrogen and oxygen atoms in total. The Hall–Kier alpha value is -2.05. The zero-order valence-electron chi connectivity index (χ0n) is 10.9. The van der Waals surface area contributed by atoms with Gasteiger partial charge in [-0.1, -0.05) is 0 Å². The van der Waals surface area contributed by atoms with Crippen molar-refractivity contribution in [1.82, 2.24) is 0 Å². The summed E-state index contributed by atoms with van der Waals surface area (Å²) in [5, 5.41) is 5.02. The van der Waals surface area contributed by atoms with Crippen molar-refractivity contribution < 1.29 is 17.9 Å². The first-order chi connectivity index (χ1) is 9.49. The molecule has 106 valence electrons. The van der Waals surface area contributed by atoms with Gasteiger partial charge in [-0.25, -0.2) is 13.6 Å². The second-order valence-electron chi connectivity index (χ2n) is 4.02. The number of rotatable bonds is 5. The zero-order valence-corrected chi connectivity index (χ0v) is 11.8. The largest absolute Gasteiger partial charge is 0.494 e. The fourth-order valence-electron chi connectivity index (χ4n) is 1.60. The summed E-state index contributed by atoms with van der Waals surface area (Å²) in [6.45, 7) is 2.52. The molecule has 20 heavy (non-hydrogen) atoms. The summed E-state index contributed by atoms with van der Waals surface area (Å²) in [5.74, 6) is 1.93. The quantitative estimate of drug-likeness (QED) is 0.918. The van der Waals surface area contributed by atoms with Crippen LogP contribution < -0.4 is 14.6 Å². The maximum atomic E-state index is 11.1. The van der Waals surface area contributed by atoms with Crippen LogP contribution in [0.4, 0.5) is 0 Å². The summed E-state index contributed by atoms with van der Waals surface area (Å²) in [4.78, 5) is 0.0524. The molecule has 0 aliphatic heterocycles. The Kier molecular flexibility index (Phi) is 4.26. The van der Waals surface area contributed by atoms with E-state index in [4.69, 9.17) is 14.6 Å². The molecule has 0 radical (unpaired) electrons. The number of sulfonamides is 1. The van der Waals surface area contributed by atoms with Gasteiger partial charge in [0, 0.05) is 0 Å². The van der Waals surface area contributed by atoms with Gasteiger partial charge in [0.25, 0.3) is 0 Å². The van der Waals surface area contributed by atoms with Crippen LogP contribution in [0.2, 0.25) is 0 Å². The fourth-order valence-corrected chi connectivity index (χ4v) is 2.12. The predicted octanol–water partition coefficient (Wildman–Crippen LogP) is 2.53. The van der Waals surface area contributed by atoms with E-state index in [-0.39, 0.29) is 4.90 Å². The number of primary sulfonamides is 1. The summed E-state index contributed by atoms with van der Waals surface area (Å²) in [5.41, 5.74) is 0. The van der Waals surface area contributed by atoms with Gasteiger partial charge < -0.3 is 9.47 Å². The molecule has 0 saturated carbocycles. The Bertz CT molecular complexity index is 663. The van der Waals surface area contributed by atoms with E-state index in [0.29, 0.717) is 18.1 Å². The van der Waals surface area contributed by atoms with E-state index in [1.807, 2.05) is 6.92 Å². The molecule has 0 heterocycles. The van der Waals surface area contributed by atoms with E-state index in [1.165, 1.54) is 12.1 Å². The number of nitrogens with two attached hydrogens (primary N) is 1.